The Kier molecular flexibility index (Phi) is 4.54. The summed E-state index contributed by atoms with van der Waals surface area (Å²) in [4.78, 5) is 0.161. The Balaban J connectivity index is 1.55. The molecule has 1 aliphatic rings. The van der Waals surface area contributed by atoms with Gasteiger partial charge >= 0.3 is 0 Å². The first kappa shape index (κ1) is 15.8. The third kappa shape index (κ3) is 3.83. The Morgan fingerprint density at radius 2 is 1.78 bits per heavy atom. The van der Waals surface area contributed by atoms with Gasteiger partial charge in [0.05, 0.1) is 11.5 Å². The van der Waals surface area contributed by atoms with Crippen LogP contribution in [0, 0.1) is 6.92 Å². The Hall–Kier alpha value is -2.05. The largest absolute Gasteiger partial charge is 0.486 e. The highest BCUT2D eigenvalue weighted by molar-refractivity contribution is 7.86. The van der Waals surface area contributed by atoms with E-state index in [4.69, 9.17) is 13.7 Å². The second-order valence-corrected chi connectivity index (χ2v) is 6.99. The van der Waals surface area contributed by atoms with Gasteiger partial charge in [-0.3, -0.25) is 4.18 Å². The topological polar surface area (TPSA) is 61.8 Å². The van der Waals surface area contributed by atoms with Crippen LogP contribution in [0.15, 0.2) is 53.4 Å². The molecule has 3 rings (SSSR count). The average molecular weight is 334 g/mol. The molecule has 2 aromatic rings. The average Bonchev–Trinajstić information content (AvgIpc) is 2.55. The fourth-order valence-corrected chi connectivity index (χ4v) is 3.19. The molecule has 0 fully saturated rings. The number of benzene rings is 2. The van der Waals surface area contributed by atoms with Crippen molar-refractivity contribution in [3.8, 4) is 11.5 Å². The highest BCUT2D eigenvalue weighted by Crippen LogP contribution is 2.31. The monoisotopic (exact) mass is 334 g/mol. The third-order valence-electron chi connectivity index (χ3n) is 3.56. The van der Waals surface area contributed by atoms with Crippen LogP contribution in [0.1, 0.15) is 12.0 Å². The SMILES string of the molecule is Cc1ccc(S(=O)(=O)OCCC2COc3ccccc3O2)cc1. The van der Waals surface area contributed by atoms with Crippen LogP contribution in [-0.2, 0) is 14.3 Å². The number of ether oxygens (including phenoxy) is 2. The molecule has 0 saturated heterocycles. The van der Waals surface area contributed by atoms with Gasteiger partial charge in [-0.25, -0.2) is 0 Å². The van der Waals surface area contributed by atoms with E-state index in [-0.39, 0.29) is 17.6 Å². The minimum absolute atomic E-state index is 0.0480. The second kappa shape index (κ2) is 6.60. The number of fused-ring (bicyclic) bond motifs is 1. The lowest BCUT2D eigenvalue weighted by Crippen LogP contribution is -2.30. The minimum atomic E-state index is -3.73. The maximum atomic E-state index is 12.1. The molecular weight excluding hydrogens is 316 g/mol. The van der Waals surface area contributed by atoms with Crippen molar-refractivity contribution in [2.45, 2.75) is 24.3 Å². The van der Waals surface area contributed by atoms with E-state index in [2.05, 4.69) is 0 Å². The van der Waals surface area contributed by atoms with E-state index in [1.165, 1.54) is 0 Å². The van der Waals surface area contributed by atoms with Crippen molar-refractivity contribution in [3.63, 3.8) is 0 Å². The van der Waals surface area contributed by atoms with Crippen molar-refractivity contribution < 1.29 is 22.1 Å². The molecular formula is C17H18O5S. The van der Waals surface area contributed by atoms with Gasteiger partial charge < -0.3 is 9.47 Å². The highest BCUT2D eigenvalue weighted by Gasteiger charge is 2.22. The Labute approximate surface area is 135 Å². The molecule has 0 aromatic heterocycles. The van der Waals surface area contributed by atoms with Gasteiger partial charge in [0.15, 0.2) is 11.5 Å². The van der Waals surface area contributed by atoms with E-state index in [1.54, 1.807) is 24.3 Å². The summed E-state index contributed by atoms with van der Waals surface area (Å²) in [6.45, 7) is 2.33. The van der Waals surface area contributed by atoms with Gasteiger partial charge in [0.2, 0.25) is 0 Å². The van der Waals surface area contributed by atoms with Crippen LogP contribution in [-0.4, -0.2) is 27.7 Å². The fourth-order valence-electron chi connectivity index (χ4n) is 2.27. The summed E-state index contributed by atoms with van der Waals surface area (Å²) in [5, 5.41) is 0. The Morgan fingerprint density at radius 1 is 1.09 bits per heavy atom. The molecule has 1 unspecified atom stereocenters. The van der Waals surface area contributed by atoms with Crippen molar-refractivity contribution in [2.75, 3.05) is 13.2 Å². The van der Waals surface area contributed by atoms with E-state index < -0.39 is 10.1 Å². The molecule has 122 valence electrons. The van der Waals surface area contributed by atoms with Crippen molar-refractivity contribution in [2.24, 2.45) is 0 Å². The predicted octanol–water partition coefficient (Wildman–Crippen LogP) is 2.93. The van der Waals surface area contributed by atoms with Gasteiger partial charge in [0.1, 0.15) is 12.7 Å². The summed E-state index contributed by atoms with van der Waals surface area (Å²) in [5.41, 5.74) is 0.996. The molecule has 1 heterocycles. The molecule has 0 N–H and O–H groups in total. The van der Waals surface area contributed by atoms with E-state index in [0.29, 0.717) is 24.5 Å². The van der Waals surface area contributed by atoms with Gasteiger partial charge in [-0.15, -0.1) is 0 Å². The van der Waals surface area contributed by atoms with Gasteiger partial charge in [-0.05, 0) is 31.2 Å². The summed E-state index contributed by atoms with van der Waals surface area (Å²) in [6.07, 6.45) is 0.206. The van der Waals surface area contributed by atoms with E-state index in [0.717, 1.165) is 5.56 Å². The molecule has 1 atom stereocenters. The van der Waals surface area contributed by atoms with Crippen molar-refractivity contribution in [1.82, 2.24) is 0 Å². The van der Waals surface area contributed by atoms with Gasteiger partial charge in [-0.1, -0.05) is 29.8 Å². The first-order valence-corrected chi connectivity index (χ1v) is 8.80. The number of para-hydroxylation sites is 2. The first-order chi connectivity index (χ1) is 11.0. The van der Waals surface area contributed by atoms with Gasteiger partial charge in [0, 0.05) is 6.42 Å². The lowest BCUT2D eigenvalue weighted by atomic mass is 10.2. The lowest BCUT2D eigenvalue weighted by Gasteiger charge is -2.26. The molecule has 1 aliphatic heterocycles. The fraction of sp³-hybridized carbons (Fsp3) is 0.294. The molecule has 5 nitrogen and oxygen atoms in total. The maximum absolute atomic E-state index is 12.1. The highest BCUT2D eigenvalue weighted by atomic mass is 32.2. The summed E-state index contributed by atoms with van der Waals surface area (Å²) in [7, 11) is -3.73. The van der Waals surface area contributed by atoms with Gasteiger partial charge in [-0.2, -0.15) is 8.42 Å². The molecule has 0 saturated carbocycles. The minimum Gasteiger partial charge on any atom is -0.486 e. The van der Waals surface area contributed by atoms with Crippen molar-refractivity contribution >= 4 is 10.1 Å². The zero-order valence-corrected chi connectivity index (χ0v) is 13.6. The van der Waals surface area contributed by atoms with E-state index >= 15 is 0 Å². The molecule has 23 heavy (non-hydrogen) atoms. The van der Waals surface area contributed by atoms with Crippen LogP contribution < -0.4 is 9.47 Å². The normalized spacial score (nSPS) is 17.0. The van der Waals surface area contributed by atoms with Crippen LogP contribution >= 0.6 is 0 Å². The van der Waals surface area contributed by atoms with Crippen LogP contribution in [0.5, 0.6) is 11.5 Å². The molecule has 0 radical (unpaired) electrons. The summed E-state index contributed by atoms with van der Waals surface area (Å²) in [5.74, 6) is 1.38. The quantitative estimate of drug-likeness (QED) is 0.787. The molecule has 6 heteroatoms. The number of rotatable bonds is 5. The molecule has 0 aliphatic carbocycles. The number of hydrogen-bond donors (Lipinski definition) is 0. The predicted molar refractivity (Wildman–Crippen MR) is 85.3 cm³/mol. The summed E-state index contributed by atoms with van der Waals surface area (Å²) >= 11 is 0. The van der Waals surface area contributed by atoms with E-state index in [9.17, 15) is 8.42 Å². The first-order valence-electron chi connectivity index (χ1n) is 7.39. The molecule has 0 spiro atoms. The van der Waals surface area contributed by atoms with Crippen LogP contribution in [0.3, 0.4) is 0 Å². The van der Waals surface area contributed by atoms with Gasteiger partial charge in [0.25, 0.3) is 10.1 Å². The molecule has 2 aromatic carbocycles. The van der Waals surface area contributed by atoms with Crippen molar-refractivity contribution in [3.05, 3.63) is 54.1 Å². The summed E-state index contributed by atoms with van der Waals surface area (Å²) < 4.78 is 40.6. The van der Waals surface area contributed by atoms with E-state index in [1.807, 2.05) is 31.2 Å². The smallest absolute Gasteiger partial charge is 0.296 e. The van der Waals surface area contributed by atoms with Crippen LogP contribution in [0.4, 0.5) is 0 Å². The standard InChI is InChI=1S/C17H18O5S/c1-13-6-8-15(9-7-13)23(18,19)21-11-10-14-12-20-16-4-2-3-5-17(16)22-14/h2-9,14H,10-12H2,1H3. The lowest BCUT2D eigenvalue weighted by molar-refractivity contribution is 0.0741. The summed E-state index contributed by atoms with van der Waals surface area (Å²) in [6, 6.07) is 14.0. The molecule has 0 amide bonds. The van der Waals surface area contributed by atoms with Crippen LogP contribution in [0.2, 0.25) is 0 Å². The zero-order valence-electron chi connectivity index (χ0n) is 12.8. The number of aryl methyl sites for hydroxylation is 1. The molecule has 0 bridgehead atoms. The van der Waals surface area contributed by atoms with Crippen molar-refractivity contribution in [1.29, 1.82) is 0 Å². The third-order valence-corrected chi connectivity index (χ3v) is 4.88. The number of hydrogen-bond acceptors (Lipinski definition) is 5. The zero-order chi connectivity index (χ0) is 16.3. The second-order valence-electron chi connectivity index (χ2n) is 5.38. The Bertz CT molecular complexity index is 768. The van der Waals surface area contributed by atoms with Crippen LogP contribution in [0.25, 0.3) is 0 Å². The maximum Gasteiger partial charge on any atom is 0.296 e. The Morgan fingerprint density at radius 3 is 2.52 bits per heavy atom.